The fourth-order valence-electron chi connectivity index (χ4n) is 3.07. The van der Waals surface area contributed by atoms with Crippen molar-refractivity contribution in [1.82, 2.24) is 19.7 Å². The van der Waals surface area contributed by atoms with Gasteiger partial charge in [0.1, 0.15) is 0 Å². The third kappa shape index (κ3) is 4.80. The highest BCUT2D eigenvalue weighted by Crippen LogP contribution is 2.31. The molecule has 0 aliphatic rings. The minimum absolute atomic E-state index is 0.112. The van der Waals surface area contributed by atoms with Crippen molar-refractivity contribution in [2.75, 3.05) is 11.1 Å². The number of benzene rings is 2. The number of amides is 1. The first-order chi connectivity index (χ1) is 15.4. The van der Waals surface area contributed by atoms with Gasteiger partial charge >= 0.3 is 0 Å². The summed E-state index contributed by atoms with van der Waals surface area (Å²) in [5.41, 5.74) is 4.54. The van der Waals surface area contributed by atoms with Gasteiger partial charge in [0.15, 0.2) is 11.0 Å². The molecule has 0 bridgehead atoms. The molecular weight excluding hydrogens is 465 g/mol. The fourth-order valence-corrected chi connectivity index (χ4v) is 4.32. The molecule has 0 fully saturated rings. The van der Waals surface area contributed by atoms with Crippen molar-refractivity contribution < 1.29 is 4.79 Å². The van der Waals surface area contributed by atoms with E-state index in [9.17, 15) is 4.79 Å². The molecule has 1 amide bonds. The van der Waals surface area contributed by atoms with Crippen LogP contribution in [0.5, 0.6) is 0 Å². The maximum absolute atomic E-state index is 12.6. The number of hydrogen-bond acceptors (Lipinski definition) is 5. The van der Waals surface area contributed by atoms with E-state index in [1.54, 1.807) is 30.6 Å². The molecule has 0 aliphatic carbocycles. The molecule has 0 atom stereocenters. The zero-order valence-electron chi connectivity index (χ0n) is 17.3. The van der Waals surface area contributed by atoms with Crippen LogP contribution < -0.4 is 5.32 Å². The molecule has 1 N–H and O–H groups in total. The van der Waals surface area contributed by atoms with Gasteiger partial charge in [-0.3, -0.25) is 14.3 Å². The minimum atomic E-state index is -0.245. The Morgan fingerprint density at radius 3 is 2.41 bits per heavy atom. The number of aryl methyl sites for hydroxylation is 2. The van der Waals surface area contributed by atoms with Gasteiger partial charge < -0.3 is 5.32 Å². The molecular formula is C23H19Cl2N5OS. The molecule has 162 valence electrons. The number of nitrogens with one attached hydrogen (secondary N) is 1. The number of thioether (sulfide) groups is 1. The Labute approximate surface area is 200 Å². The SMILES string of the molecule is Cc1ccc(-n2c(SCC(=O)Nc3c(Cl)cccc3Cl)nnc2-c2ccncc2)cc1C. The maximum atomic E-state index is 12.6. The van der Waals surface area contributed by atoms with E-state index in [1.165, 1.54) is 17.3 Å². The maximum Gasteiger partial charge on any atom is 0.234 e. The molecule has 0 spiro atoms. The van der Waals surface area contributed by atoms with Gasteiger partial charge in [0.2, 0.25) is 5.91 Å². The number of nitrogens with zero attached hydrogens (tertiary/aromatic N) is 4. The number of carbonyl (C=O) groups excluding carboxylic acids is 1. The van der Waals surface area contributed by atoms with Crippen LogP contribution in [0.15, 0.2) is 66.1 Å². The lowest BCUT2D eigenvalue weighted by Gasteiger charge is -2.12. The largest absolute Gasteiger partial charge is 0.323 e. The van der Waals surface area contributed by atoms with Crippen LogP contribution in [-0.2, 0) is 4.79 Å². The Hall–Kier alpha value is -2.87. The molecule has 2 aromatic carbocycles. The highest BCUT2D eigenvalue weighted by Gasteiger charge is 2.18. The number of para-hydroxylation sites is 1. The number of anilines is 1. The molecule has 32 heavy (non-hydrogen) atoms. The van der Waals surface area contributed by atoms with Crippen LogP contribution in [-0.4, -0.2) is 31.4 Å². The summed E-state index contributed by atoms with van der Waals surface area (Å²) < 4.78 is 1.95. The van der Waals surface area contributed by atoms with Crippen LogP contribution in [0.4, 0.5) is 5.69 Å². The number of aromatic nitrogens is 4. The summed E-state index contributed by atoms with van der Waals surface area (Å²) in [4.78, 5) is 16.7. The van der Waals surface area contributed by atoms with E-state index < -0.39 is 0 Å². The van der Waals surface area contributed by atoms with Crippen molar-refractivity contribution in [2.45, 2.75) is 19.0 Å². The second-order valence-electron chi connectivity index (χ2n) is 7.08. The van der Waals surface area contributed by atoms with Crippen LogP contribution in [0.1, 0.15) is 11.1 Å². The quantitative estimate of drug-likeness (QED) is 0.341. The number of halogens is 2. The lowest BCUT2D eigenvalue weighted by Crippen LogP contribution is -2.15. The molecule has 9 heteroatoms. The topological polar surface area (TPSA) is 72.7 Å². The Morgan fingerprint density at radius 2 is 1.72 bits per heavy atom. The second-order valence-corrected chi connectivity index (χ2v) is 8.84. The summed E-state index contributed by atoms with van der Waals surface area (Å²) in [5.74, 6) is 0.541. The summed E-state index contributed by atoms with van der Waals surface area (Å²) >= 11 is 13.6. The van der Waals surface area contributed by atoms with Crippen molar-refractivity contribution >= 4 is 46.6 Å². The molecule has 0 aliphatic heterocycles. The Kier molecular flexibility index (Phi) is 6.79. The Morgan fingerprint density at radius 1 is 1.00 bits per heavy atom. The van der Waals surface area contributed by atoms with Gasteiger partial charge in [0, 0.05) is 18.0 Å². The molecule has 0 saturated carbocycles. The van der Waals surface area contributed by atoms with E-state index >= 15 is 0 Å². The number of carbonyl (C=O) groups is 1. The van der Waals surface area contributed by atoms with E-state index in [1.807, 2.05) is 22.8 Å². The first-order valence-electron chi connectivity index (χ1n) is 9.74. The molecule has 0 radical (unpaired) electrons. The van der Waals surface area contributed by atoms with Crippen molar-refractivity contribution in [3.05, 3.63) is 82.1 Å². The Bertz CT molecular complexity index is 1260. The van der Waals surface area contributed by atoms with Crippen LogP contribution >= 0.6 is 35.0 Å². The monoisotopic (exact) mass is 483 g/mol. The molecule has 2 heterocycles. The first kappa shape index (κ1) is 22.3. The van der Waals surface area contributed by atoms with E-state index in [-0.39, 0.29) is 11.7 Å². The third-order valence-corrected chi connectivity index (χ3v) is 6.44. The van der Waals surface area contributed by atoms with Gasteiger partial charge in [0.25, 0.3) is 0 Å². The zero-order chi connectivity index (χ0) is 22.7. The van der Waals surface area contributed by atoms with E-state index in [2.05, 4.69) is 46.5 Å². The zero-order valence-corrected chi connectivity index (χ0v) is 19.7. The number of rotatable bonds is 6. The average Bonchev–Trinajstić information content (AvgIpc) is 3.21. The second kappa shape index (κ2) is 9.73. The van der Waals surface area contributed by atoms with Crippen LogP contribution in [0.3, 0.4) is 0 Å². The summed E-state index contributed by atoms with van der Waals surface area (Å²) in [7, 11) is 0. The predicted molar refractivity (Wildman–Crippen MR) is 130 cm³/mol. The predicted octanol–water partition coefficient (Wildman–Crippen LogP) is 5.98. The third-order valence-electron chi connectivity index (χ3n) is 4.88. The summed E-state index contributed by atoms with van der Waals surface area (Å²) in [6, 6.07) is 15.0. The summed E-state index contributed by atoms with van der Waals surface area (Å²) in [6.07, 6.45) is 3.42. The van der Waals surface area contributed by atoms with Gasteiger partial charge in [-0.05, 0) is 61.4 Å². The standard InChI is InChI=1S/C23H19Cl2N5OS/c1-14-6-7-17(12-15(14)2)30-22(16-8-10-26-11-9-16)28-29-23(30)32-13-20(31)27-21-18(24)4-3-5-19(21)25/h3-12H,13H2,1-2H3,(H,27,31). The average molecular weight is 484 g/mol. The number of hydrogen-bond donors (Lipinski definition) is 1. The van der Waals surface area contributed by atoms with Crippen molar-refractivity contribution in [1.29, 1.82) is 0 Å². The van der Waals surface area contributed by atoms with Crippen molar-refractivity contribution in [2.24, 2.45) is 0 Å². The van der Waals surface area contributed by atoms with Gasteiger partial charge in [-0.2, -0.15) is 0 Å². The molecule has 4 rings (SSSR count). The first-order valence-corrected chi connectivity index (χ1v) is 11.5. The van der Waals surface area contributed by atoms with Crippen molar-refractivity contribution in [3.63, 3.8) is 0 Å². The van der Waals surface area contributed by atoms with Gasteiger partial charge in [0.05, 0.1) is 27.2 Å². The van der Waals surface area contributed by atoms with Crippen LogP contribution in [0.2, 0.25) is 10.0 Å². The smallest absolute Gasteiger partial charge is 0.234 e. The summed E-state index contributed by atoms with van der Waals surface area (Å²) in [6.45, 7) is 4.12. The van der Waals surface area contributed by atoms with E-state index in [4.69, 9.17) is 23.2 Å². The minimum Gasteiger partial charge on any atom is -0.323 e. The van der Waals surface area contributed by atoms with Gasteiger partial charge in [-0.15, -0.1) is 10.2 Å². The highest BCUT2D eigenvalue weighted by atomic mass is 35.5. The van der Waals surface area contributed by atoms with Gasteiger partial charge in [-0.1, -0.05) is 47.1 Å². The van der Waals surface area contributed by atoms with E-state index in [0.29, 0.717) is 26.7 Å². The van der Waals surface area contributed by atoms with Crippen LogP contribution in [0.25, 0.3) is 17.1 Å². The van der Waals surface area contributed by atoms with Crippen molar-refractivity contribution in [3.8, 4) is 17.1 Å². The van der Waals surface area contributed by atoms with Crippen LogP contribution in [0, 0.1) is 13.8 Å². The normalized spacial score (nSPS) is 10.9. The highest BCUT2D eigenvalue weighted by molar-refractivity contribution is 7.99. The summed E-state index contributed by atoms with van der Waals surface area (Å²) in [5, 5.41) is 12.9. The van der Waals surface area contributed by atoms with E-state index in [0.717, 1.165) is 16.8 Å². The lowest BCUT2D eigenvalue weighted by atomic mass is 10.1. The fraction of sp³-hybridized carbons (Fsp3) is 0.130. The Balaban J connectivity index is 1.63. The molecule has 0 saturated heterocycles. The lowest BCUT2D eigenvalue weighted by molar-refractivity contribution is -0.113. The molecule has 2 aromatic heterocycles. The molecule has 0 unspecified atom stereocenters. The van der Waals surface area contributed by atoms with Gasteiger partial charge in [-0.25, -0.2) is 0 Å². The molecule has 4 aromatic rings. The number of pyridine rings is 1. The molecule has 6 nitrogen and oxygen atoms in total.